The van der Waals surface area contributed by atoms with Gasteiger partial charge in [0.15, 0.2) is 0 Å². The van der Waals surface area contributed by atoms with Crippen LogP contribution in [-0.4, -0.2) is 12.6 Å². The third kappa shape index (κ3) is 3.48. The summed E-state index contributed by atoms with van der Waals surface area (Å²) in [5, 5.41) is 3.75. The minimum Gasteiger partial charge on any atom is -0.314 e. The summed E-state index contributed by atoms with van der Waals surface area (Å²) < 4.78 is 0. The zero-order valence-corrected chi connectivity index (χ0v) is 11.1. The highest BCUT2D eigenvalue weighted by atomic mass is 14.9. The van der Waals surface area contributed by atoms with Crippen LogP contribution in [0.1, 0.15) is 59.8 Å². The normalized spacial score (nSPS) is 28.6. The highest BCUT2D eigenvalue weighted by molar-refractivity contribution is 4.86. The molecule has 1 fully saturated rings. The van der Waals surface area contributed by atoms with Gasteiger partial charge in [-0.3, -0.25) is 0 Å². The van der Waals surface area contributed by atoms with Crippen molar-refractivity contribution in [1.82, 2.24) is 5.32 Å². The molecule has 1 rings (SSSR count). The Labute approximate surface area is 96.0 Å². The summed E-state index contributed by atoms with van der Waals surface area (Å²) in [5.74, 6) is 2.80. The van der Waals surface area contributed by atoms with Gasteiger partial charge >= 0.3 is 0 Å². The van der Waals surface area contributed by atoms with Crippen LogP contribution in [0.25, 0.3) is 0 Å². The second-order valence-electron chi connectivity index (χ2n) is 5.34. The number of hydrogen-bond donors (Lipinski definition) is 1. The van der Waals surface area contributed by atoms with E-state index in [1.165, 1.54) is 32.1 Å². The minimum atomic E-state index is 0.787. The van der Waals surface area contributed by atoms with Crippen LogP contribution in [0.4, 0.5) is 0 Å². The van der Waals surface area contributed by atoms with Crippen LogP contribution >= 0.6 is 0 Å². The van der Waals surface area contributed by atoms with Crippen molar-refractivity contribution in [3.05, 3.63) is 0 Å². The van der Waals surface area contributed by atoms with E-state index < -0.39 is 0 Å². The first-order valence-electron chi connectivity index (χ1n) is 6.96. The molecule has 1 aliphatic carbocycles. The molecule has 1 N–H and O–H groups in total. The predicted molar refractivity (Wildman–Crippen MR) is 68.0 cm³/mol. The van der Waals surface area contributed by atoms with E-state index in [0.717, 1.165) is 30.3 Å². The van der Waals surface area contributed by atoms with Gasteiger partial charge in [0.2, 0.25) is 0 Å². The van der Waals surface area contributed by atoms with Crippen molar-refractivity contribution in [3.63, 3.8) is 0 Å². The van der Waals surface area contributed by atoms with Crippen molar-refractivity contribution < 1.29 is 0 Å². The Morgan fingerprint density at radius 3 is 2.20 bits per heavy atom. The van der Waals surface area contributed by atoms with E-state index in [2.05, 4.69) is 33.0 Å². The summed E-state index contributed by atoms with van der Waals surface area (Å²) >= 11 is 0. The molecule has 0 amide bonds. The second kappa shape index (κ2) is 6.52. The van der Waals surface area contributed by atoms with Crippen molar-refractivity contribution in [2.45, 2.75) is 65.8 Å². The fourth-order valence-corrected chi connectivity index (χ4v) is 3.33. The topological polar surface area (TPSA) is 12.0 Å². The van der Waals surface area contributed by atoms with E-state index in [1.807, 2.05) is 0 Å². The molecule has 0 radical (unpaired) electrons. The van der Waals surface area contributed by atoms with Crippen molar-refractivity contribution in [2.24, 2.45) is 17.8 Å². The number of hydrogen-bond acceptors (Lipinski definition) is 1. The average molecular weight is 211 g/mol. The van der Waals surface area contributed by atoms with Crippen LogP contribution in [0.2, 0.25) is 0 Å². The van der Waals surface area contributed by atoms with Gasteiger partial charge in [0.1, 0.15) is 0 Å². The third-order valence-electron chi connectivity index (χ3n) is 4.24. The van der Waals surface area contributed by atoms with Gasteiger partial charge in [0, 0.05) is 6.04 Å². The Morgan fingerprint density at radius 1 is 1.13 bits per heavy atom. The van der Waals surface area contributed by atoms with E-state index >= 15 is 0 Å². The standard InChI is InChI=1S/C14H29N/c1-5-12(6-2)14(15-7-3)13-9-8-11(4)10-13/h11-15H,5-10H2,1-4H3. The van der Waals surface area contributed by atoms with E-state index in [1.54, 1.807) is 0 Å². The maximum absolute atomic E-state index is 3.75. The molecule has 0 aliphatic heterocycles. The molecule has 15 heavy (non-hydrogen) atoms. The molecule has 1 saturated carbocycles. The van der Waals surface area contributed by atoms with Crippen molar-refractivity contribution in [1.29, 1.82) is 0 Å². The molecular formula is C14H29N. The van der Waals surface area contributed by atoms with E-state index in [9.17, 15) is 0 Å². The average Bonchev–Trinajstić information content (AvgIpc) is 2.65. The van der Waals surface area contributed by atoms with Crippen molar-refractivity contribution >= 4 is 0 Å². The van der Waals surface area contributed by atoms with Crippen LogP contribution in [-0.2, 0) is 0 Å². The Kier molecular flexibility index (Phi) is 5.66. The van der Waals surface area contributed by atoms with E-state index in [4.69, 9.17) is 0 Å². The molecule has 0 aromatic heterocycles. The maximum Gasteiger partial charge on any atom is 0.0123 e. The lowest BCUT2D eigenvalue weighted by molar-refractivity contribution is 0.245. The van der Waals surface area contributed by atoms with Gasteiger partial charge in [-0.15, -0.1) is 0 Å². The fraction of sp³-hybridized carbons (Fsp3) is 1.00. The summed E-state index contributed by atoms with van der Waals surface area (Å²) in [6.45, 7) is 10.5. The lowest BCUT2D eigenvalue weighted by Crippen LogP contribution is -2.41. The molecule has 0 saturated heterocycles. The molecular weight excluding hydrogens is 182 g/mol. The molecule has 0 bridgehead atoms. The van der Waals surface area contributed by atoms with Crippen LogP contribution in [0.5, 0.6) is 0 Å². The summed E-state index contributed by atoms with van der Waals surface area (Å²) in [6.07, 6.45) is 7.02. The summed E-state index contributed by atoms with van der Waals surface area (Å²) in [5.41, 5.74) is 0. The predicted octanol–water partition coefficient (Wildman–Crippen LogP) is 3.84. The van der Waals surface area contributed by atoms with Crippen molar-refractivity contribution in [3.8, 4) is 0 Å². The van der Waals surface area contributed by atoms with Crippen molar-refractivity contribution in [2.75, 3.05) is 6.54 Å². The largest absolute Gasteiger partial charge is 0.314 e. The SMILES string of the molecule is CCNC(C(CC)CC)C1CCC(C)C1. The van der Waals surface area contributed by atoms with Crippen LogP contribution in [0.15, 0.2) is 0 Å². The quantitative estimate of drug-likeness (QED) is 0.704. The first-order chi connectivity index (χ1) is 7.22. The lowest BCUT2D eigenvalue weighted by Gasteiger charge is -2.31. The highest BCUT2D eigenvalue weighted by Gasteiger charge is 2.31. The molecule has 0 spiro atoms. The first kappa shape index (κ1) is 13.0. The lowest BCUT2D eigenvalue weighted by atomic mass is 9.83. The van der Waals surface area contributed by atoms with E-state index in [0.29, 0.717) is 0 Å². The van der Waals surface area contributed by atoms with Gasteiger partial charge in [-0.05, 0) is 37.1 Å². The van der Waals surface area contributed by atoms with Gasteiger partial charge in [0.25, 0.3) is 0 Å². The molecule has 90 valence electrons. The molecule has 3 atom stereocenters. The van der Waals surface area contributed by atoms with Gasteiger partial charge < -0.3 is 5.32 Å². The monoisotopic (exact) mass is 211 g/mol. The maximum atomic E-state index is 3.75. The minimum absolute atomic E-state index is 0.787. The molecule has 1 nitrogen and oxygen atoms in total. The molecule has 3 unspecified atom stereocenters. The Balaban J connectivity index is 2.55. The fourth-order valence-electron chi connectivity index (χ4n) is 3.33. The van der Waals surface area contributed by atoms with Crippen LogP contribution < -0.4 is 5.32 Å². The molecule has 0 heterocycles. The third-order valence-corrected chi connectivity index (χ3v) is 4.24. The highest BCUT2D eigenvalue weighted by Crippen LogP contribution is 2.36. The van der Waals surface area contributed by atoms with Gasteiger partial charge in [-0.25, -0.2) is 0 Å². The Bertz CT molecular complexity index is 163. The van der Waals surface area contributed by atoms with Crippen LogP contribution in [0, 0.1) is 17.8 Å². The molecule has 1 aliphatic rings. The van der Waals surface area contributed by atoms with Crippen LogP contribution in [0.3, 0.4) is 0 Å². The summed E-state index contributed by atoms with van der Waals surface area (Å²) in [4.78, 5) is 0. The molecule has 0 aromatic carbocycles. The molecule has 1 heteroatoms. The Hall–Kier alpha value is -0.0400. The smallest absolute Gasteiger partial charge is 0.0123 e. The number of nitrogens with one attached hydrogen (secondary N) is 1. The van der Waals surface area contributed by atoms with E-state index in [-0.39, 0.29) is 0 Å². The summed E-state index contributed by atoms with van der Waals surface area (Å²) in [6, 6.07) is 0.787. The van der Waals surface area contributed by atoms with Gasteiger partial charge in [-0.1, -0.05) is 47.0 Å². The molecule has 0 aromatic rings. The van der Waals surface area contributed by atoms with Gasteiger partial charge in [0.05, 0.1) is 0 Å². The summed E-state index contributed by atoms with van der Waals surface area (Å²) in [7, 11) is 0. The number of rotatable bonds is 6. The first-order valence-corrected chi connectivity index (χ1v) is 6.96. The zero-order valence-electron chi connectivity index (χ0n) is 11.1. The Morgan fingerprint density at radius 2 is 1.80 bits per heavy atom. The van der Waals surface area contributed by atoms with Gasteiger partial charge in [-0.2, -0.15) is 0 Å². The zero-order chi connectivity index (χ0) is 11.3. The second-order valence-corrected chi connectivity index (χ2v) is 5.34.